The molecule has 0 saturated carbocycles. The summed E-state index contributed by atoms with van der Waals surface area (Å²) < 4.78 is 10.6. The second-order valence-corrected chi connectivity index (χ2v) is 6.37. The Balaban J connectivity index is 1.74. The highest BCUT2D eigenvalue weighted by atomic mass is 32.1. The highest BCUT2D eigenvalue weighted by Gasteiger charge is 2.12. The third-order valence-corrected chi connectivity index (χ3v) is 4.36. The zero-order valence-corrected chi connectivity index (χ0v) is 14.4. The van der Waals surface area contributed by atoms with E-state index in [2.05, 4.69) is 10.3 Å². The fraction of sp³-hybridized carbons (Fsp3) is 0.222. The van der Waals surface area contributed by atoms with Crippen LogP contribution in [0, 0.1) is 6.92 Å². The first kappa shape index (κ1) is 16.3. The zero-order valence-electron chi connectivity index (χ0n) is 13.5. The van der Waals surface area contributed by atoms with Crippen LogP contribution in [-0.4, -0.2) is 18.0 Å². The first-order valence-electron chi connectivity index (χ1n) is 7.54. The van der Waals surface area contributed by atoms with Gasteiger partial charge in [0.2, 0.25) is 5.91 Å². The summed E-state index contributed by atoms with van der Waals surface area (Å²) in [5.74, 6) is 1.33. The molecule has 1 N–H and O–H groups in total. The summed E-state index contributed by atoms with van der Waals surface area (Å²) in [6.07, 6.45) is 1.82. The number of thiazole rings is 1. The van der Waals surface area contributed by atoms with E-state index < -0.39 is 0 Å². The van der Waals surface area contributed by atoms with Crippen molar-refractivity contribution in [2.75, 3.05) is 7.11 Å². The van der Waals surface area contributed by atoms with Gasteiger partial charge in [0.05, 0.1) is 37.0 Å². The molecule has 0 bridgehead atoms. The maximum absolute atomic E-state index is 12.2. The van der Waals surface area contributed by atoms with Gasteiger partial charge in [-0.1, -0.05) is 0 Å². The van der Waals surface area contributed by atoms with E-state index >= 15 is 0 Å². The first-order valence-corrected chi connectivity index (χ1v) is 8.42. The van der Waals surface area contributed by atoms with Gasteiger partial charge in [0.1, 0.15) is 11.5 Å². The van der Waals surface area contributed by atoms with E-state index in [0.29, 0.717) is 12.3 Å². The molecule has 0 fully saturated rings. The normalized spacial score (nSPS) is 10.6. The zero-order chi connectivity index (χ0) is 16.9. The number of amides is 1. The van der Waals surface area contributed by atoms with E-state index in [0.717, 1.165) is 27.6 Å². The minimum absolute atomic E-state index is 0.0868. The third kappa shape index (κ3) is 3.83. The molecule has 124 valence electrons. The van der Waals surface area contributed by atoms with E-state index in [-0.39, 0.29) is 12.3 Å². The van der Waals surface area contributed by atoms with E-state index in [1.807, 2.05) is 36.6 Å². The molecule has 5 nitrogen and oxygen atoms in total. The number of methoxy groups -OCH3 is 1. The quantitative estimate of drug-likeness (QED) is 0.744. The van der Waals surface area contributed by atoms with Crippen LogP contribution in [0.15, 0.2) is 46.4 Å². The number of benzene rings is 1. The van der Waals surface area contributed by atoms with Crippen LogP contribution in [0.1, 0.15) is 16.3 Å². The second kappa shape index (κ2) is 7.31. The number of nitrogens with one attached hydrogen (secondary N) is 1. The Bertz CT molecular complexity index is 825. The molecular weight excluding hydrogens is 324 g/mol. The maximum atomic E-state index is 12.2. The number of rotatable bonds is 6. The molecule has 24 heavy (non-hydrogen) atoms. The van der Waals surface area contributed by atoms with Crippen LogP contribution in [0.2, 0.25) is 0 Å². The standard InChI is InChI=1S/C18H18N2O3S/c1-12-20-16(11-24-12)13-5-6-17(22-2)14(8-13)9-18(21)19-10-15-4-3-7-23-15/h3-8,11H,9-10H2,1-2H3,(H,19,21). The highest BCUT2D eigenvalue weighted by Crippen LogP contribution is 2.28. The molecule has 1 amide bonds. The molecule has 0 unspecified atom stereocenters. The van der Waals surface area contributed by atoms with Crippen molar-refractivity contribution in [2.24, 2.45) is 0 Å². The van der Waals surface area contributed by atoms with Gasteiger partial charge in [0.15, 0.2) is 0 Å². The van der Waals surface area contributed by atoms with Crippen LogP contribution >= 0.6 is 11.3 Å². The summed E-state index contributed by atoms with van der Waals surface area (Å²) in [5, 5.41) is 5.87. The van der Waals surface area contributed by atoms with Crippen LogP contribution in [-0.2, 0) is 17.8 Å². The average Bonchev–Trinajstić information content (AvgIpc) is 3.24. The summed E-state index contributed by atoms with van der Waals surface area (Å²) in [7, 11) is 1.60. The summed E-state index contributed by atoms with van der Waals surface area (Å²) >= 11 is 1.60. The average molecular weight is 342 g/mol. The van der Waals surface area contributed by atoms with Crippen LogP contribution < -0.4 is 10.1 Å². The first-order chi connectivity index (χ1) is 11.7. The minimum Gasteiger partial charge on any atom is -0.496 e. The fourth-order valence-electron chi connectivity index (χ4n) is 2.41. The molecule has 2 heterocycles. The molecule has 0 aliphatic carbocycles. The molecule has 3 rings (SSSR count). The monoisotopic (exact) mass is 342 g/mol. The lowest BCUT2D eigenvalue weighted by molar-refractivity contribution is -0.120. The molecule has 0 aliphatic rings. The summed E-state index contributed by atoms with van der Waals surface area (Å²) in [6, 6.07) is 9.41. The molecule has 2 aromatic heterocycles. The van der Waals surface area contributed by atoms with Gasteiger partial charge in [-0.2, -0.15) is 0 Å². The van der Waals surface area contributed by atoms with Gasteiger partial charge in [-0.15, -0.1) is 11.3 Å². The van der Waals surface area contributed by atoms with Crippen LogP contribution in [0.4, 0.5) is 0 Å². The third-order valence-electron chi connectivity index (χ3n) is 3.59. The minimum atomic E-state index is -0.0868. The van der Waals surface area contributed by atoms with E-state index in [1.165, 1.54) is 0 Å². The SMILES string of the molecule is COc1ccc(-c2csc(C)n2)cc1CC(=O)NCc1ccco1. The number of hydrogen-bond acceptors (Lipinski definition) is 5. The Kier molecular flexibility index (Phi) is 4.96. The fourth-order valence-corrected chi connectivity index (χ4v) is 3.03. The van der Waals surface area contributed by atoms with Gasteiger partial charge in [-0.25, -0.2) is 4.98 Å². The van der Waals surface area contributed by atoms with E-state index in [1.54, 1.807) is 30.8 Å². The highest BCUT2D eigenvalue weighted by molar-refractivity contribution is 7.09. The number of carbonyl (C=O) groups is 1. The lowest BCUT2D eigenvalue weighted by Gasteiger charge is -2.10. The Morgan fingerprint density at radius 3 is 2.92 bits per heavy atom. The number of aromatic nitrogens is 1. The largest absolute Gasteiger partial charge is 0.496 e. The lowest BCUT2D eigenvalue weighted by Crippen LogP contribution is -2.24. The van der Waals surface area contributed by atoms with Crippen LogP contribution in [0.3, 0.4) is 0 Å². The van der Waals surface area contributed by atoms with Crippen molar-refractivity contribution in [2.45, 2.75) is 19.9 Å². The molecule has 0 saturated heterocycles. The topological polar surface area (TPSA) is 64.4 Å². The van der Waals surface area contributed by atoms with E-state index in [9.17, 15) is 4.79 Å². The van der Waals surface area contributed by atoms with E-state index in [4.69, 9.17) is 9.15 Å². The smallest absolute Gasteiger partial charge is 0.224 e. The van der Waals surface area contributed by atoms with Crippen LogP contribution in [0.25, 0.3) is 11.3 Å². The predicted octanol–water partition coefficient (Wildman–Crippen LogP) is 3.58. The summed E-state index contributed by atoms with van der Waals surface area (Å²) in [4.78, 5) is 16.7. The van der Waals surface area contributed by atoms with Crippen molar-refractivity contribution in [3.05, 3.63) is 58.3 Å². The lowest BCUT2D eigenvalue weighted by atomic mass is 10.0. The molecule has 0 atom stereocenters. The van der Waals surface area contributed by atoms with Gasteiger partial charge in [-0.05, 0) is 37.3 Å². The van der Waals surface area contributed by atoms with Gasteiger partial charge >= 0.3 is 0 Å². The molecule has 0 aliphatic heterocycles. The Morgan fingerprint density at radius 1 is 1.38 bits per heavy atom. The number of aryl methyl sites for hydroxylation is 1. The Labute approximate surface area is 144 Å². The van der Waals surface area contributed by atoms with Crippen LogP contribution in [0.5, 0.6) is 5.75 Å². The van der Waals surface area contributed by atoms with Crippen molar-refractivity contribution in [1.29, 1.82) is 0 Å². The number of furan rings is 1. The van der Waals surface area contributed by atoms with Crippen molar-refractivity contribution < 1.29 is 13.9 Å². The molecule has 0 radical (unpaired) electrons. The second-order valence-electron chi connectivity index (χ2n) is 5.31. The molecular formula is C18H18N2O3S. The Hall–Kier alpha value is -2.60. The van der Waals surface area contributed by atoms with Crippen molar-refractivity contribution in [3.63, 3.8) is 0 Å². The predicted molar refractivity (Wildman–Crippen MR) is 93.1 cm³/mol. The van der Waals surface area contributed by atoms with Gasteiger partial charge < -0.3 is 14.5 Å². The number of ether oxygens (including phenoxy) is 1. The maximum Gasteiger partial charge on any atom is 0.224 e. The molecule has 6 heteroatoms. The molecule has 3 aromatic rings. The summed E-state index contributed by atoms with van der Waals surface area (Å²) in [6.45, 7) is 2.35. The molecule has 0 spiro atoms. The molecule has 1 aromatic carbocycles. The Morgan fingerprint density at radius 2 is 2.25 bits per heavy atom. The summed E-state index contributed by atoms with van der Waals surface area (Å²) in [5.41, 5.74) is 2.73. The van der Waals surface area contributed by atoms with Gasteiger partial charge in [-0.3, -0.25) is 4.79 Å². The van der Waals surface area contributed by atoms with Crippen molar-refractivity contribution >= 4 is 17.2 Å². The number of carbonyl (C=O) groups excluding carboxylic acids is 1. The van der Waals surface area contributed by atoms with Crippen molar-refractivity contribution in [3.8, 4) is 17.0 Å². The van der Waals surface area contributed by atoms with Gasteiger partial charge in [0, 0.05) is 16.5 Å². The number of hydrogen-bond donors (Lipinski definition) is 1. The number of nitrogens with zero attached hydrogens (tertiary/aromatic N) is 1. The van der Waals surface area contributed by atoms with Crippen molar-refractivity contribution in [1.82, 2.24) is 10.3 Å². The van der Waals surface area contributed by atoms with Gasteiger partial charge in [0.25, 0.3) is 0 Å².